The van der Waals surface area contributed by atoms with Crippen LogP contribution in [0.5, 0.6) is 17.2 Å². The van der Waals surface area contributed by atoms with E-state index in [2.05, 4.69) is 4.74 Å². The molecule has 0 N–H and O–H groups in total. The average Bonchev–Trinajstić information content (AvgIpc) is 2.69. The Labute approximate surface area is 168 Å². The predicted molar refractivity (Wildman–Crippen MR) is 102 cm³/mol. The van der Waals surface area contributed by atoms with Gasteiger partial charge in [-0.25, -0.2) is 0 Å². The second-order valence-electron chi connectivity index (χ2n) is 6.18. The van der Waals surface area contributed by atoms with Gasteiger partial charge in [-0.3, -0.25) is 4.79 Å². The van der Waals surface area contributed by atoms with Crippen LogP contribution in [-0.2, 0) is 11.3 Å². The van der Waals surface area contributed by atoms with Gasteiger partial charge in [0.05, 0.1) is 18.2 Å². The number of rotatable bonds is 9. The van der Waals surface area contributed by atoms with Gasteiger partial charge < -0.3 is 19.1 Å². The number of benzene rings is 2. The molecule has 6 nitrogen and oxygen atoms in total. The van der Waals surface area contributed by atoms with Crippen molar-refractivity contribution in [2.45, 2.75) is 33.1 Å². The van der Waals surface area contributed by atoms with Gasteiger partial charge in [0.2, 0.25) is 0 Å². The molecule has 0 spiro atoms. The first-order valence-corrected chi connectivity index (χ1v) is 8.96. The Morgan fingerprint density at radius 3 is 2.41 bits per heavy atom. The van der Waals surface area contributed by atoms with Crippen LogP contribution in [0, 0.1) is 11.3 Å². The van der Waals surface area contributed by atoms with Crippen LogP contribution in [0.1, 0.15) is 25.0 Å². The maximum Gasteiger partial charge on any atom is 0.387 e. The normalized spacial score (nSPS) is 11.5. The third kappa shape index (κ3) is 6.35. The molecule has 2 aromatic carbocycles. The second kappa shape index (κ2) is 10.3. The van der Waals surface area contributed by atoms with Crippen LogP contribution in [0.4, 0.5) is 8.78 Å². The van der Waals surface area contributed by atoms with Gasteiger partial charge >= 0.3 is 6.61 Å². The van der Waals surface area contributed by atoms with Crippen LogP contribution in [-0.4, -0.2) is 37.2 Å². The molecule has 0 saturated heterocycles. The van der Waals surface area contributed by atoms with Crippen molar-refractivity contribution in [1.29, 1.82) is 5.26 Å². The summed E-state index contributed by atoms with van der Waals surface area (Å²) in [5.41, 5.74) is 1.19. The van der Waals surface area contributed by atoms with E-state index in [9.17, 15) is 13.6 Å². The summed E-state index contributed by atoms with van der Waals surface area (Å²) in [6, 6.07) is 13.0. The third-order valence-corrected chi connectivity index (χ3v) is 3.96. The lowest BCUT2D eigenvalue weighted by Gasteiger charge is -2.23. The summed E-state index contributed by atoms with van der Waals surface area (Å²) < 4.78 is 40.4. The number of ether oxygens (including phenoxy) is 3. The van der Waals surface area contributed by atoms with Crippen molar-refractivity contribution < 1.29 is 27.8 Å². The quantitative estimate of drug-likeness (QED) is 0.632. The van der Waals surface area contributed by atoms with Gasteiger partial charge in [0.1, 0.15) is 5.75 Å². The van der Waals surface area contributed by atoms with Gasteiger partial charge in [-0.2, -0.15) is 14.0 Å². The van der Waals surface area contributed by atoms with Crippen molar-refractivity contribution in [3.8, 4) is 23.3 Å². The van der Waals surface area contributed by atoms with Gasteiger partial charge in [-0.05, 0) is 55.8 Å². The van der Waals surface area contributed by atoms with Gasteiger partial charge in [0, 0.05) is 13.6 Å². The SMILES string of the molecule is CCOc1cc(CN(C)C(=O)C(C)Oc2ccc(C#N)cc2)ccc1OC(F)F. The van der Waals surface area contributed by atoms with Gasteiger partial charge in [-0.15, -0.1) is 0 Å². The fraction of sp³-hybridized carbons (Fsp3) is 0.333. The molecule has 154 valence electrons. The Kier molecular flexibility index (Phi) is 7.78. The Balaban J connectivity index is 2.03. The number of carbonyl (C=O) groups is 1. The summed E-state index contributed by atoms with van der Waals surface area (Å²) in [6.45, 7) is 0.922. The highest BCUT2D eigenvalue weighted by Crippen LogP contribution is 2.30. The summed E-state index contributed by atoms with van der Waals surface area (Å²) >= 11 is 0. The number of hydrogen-bond acceptors (Lipinski definition) is 5. The molecular weight excluding hydrogens is 382 g/mol. The first-order valence-electron chi connectivity index (χ1n) is 8.96. The van der Waals surface area contributed by atoms with Gasteiger partial charge in [-0.1, -0.05) is 6.07 Å². The number of halogens is 2. The number of amides is 1. The second-order valence-corrected chi connectivity index (χ2v) is 6.18. The summed E-state index contributed by atoms with van der Waals surface area (Å²) in [7, 11) is 1.62. The molecule has 1 amide bonds. The summed E-state index contributed by atoms with van der Waals surface area (Å²) in [5, 5.41) is 8.82. The minimum Gasteiger partial charge on any atom is -0.490 e. The first kappa shape index (κ1) is 22.0. The third-order valence-electron chi connectivity index (χ3n) is 3.96. The fourth-order valence-corrected chi connectivity index (χ4v) is 2.64. The van der Waals surface area contributed by atoms with E-state index < -0.39 is 12.7 Å². The van der Waals surface area contributed by atoms with E-state index in [0.717, 1.165) is 0 Å². The molecule has 0 aromatic heterocycles. The number of nitrogens with zero attached hydrogens (tertiary/aromatic N) is 2. The largest absolute Gasteiger partial charge is 0.490 e. The highest BCUT2D eigenvalue weighted by atomic mass is 19.3. The van der Waals surface area contributed by atoms with Crippen LogP contribution in [0.3, 0.4) is 0 Å². The van der Waals surface area contributed by atoms with Crippen LogP contribution < -0.4 is 14.2 Å². The van der Waals surface area contributed by atoms with Crippen LogP contribution in [0.2, 0.25) is 0 Å². The molecule has 0 radical (unpaired) electrons. The average molecular weight is 404 g/mol. The molecule has 1 atom stereocenters. The van der Waals surface area contributed by atoms with E-state index in [1.807, 2.05) is 6.07 Å². The molecule has 2 aromatic rings. The van der Waals surface area contributed by atoms with E-state index in [1.165, 1.54) is 11.0 Å². The maximum absolute atomic E-state index is 12.6. The molecule has 1 unspecified atom stereocenters. The minimum absolute atomic E-state index is 0.0582. The Hall–Kier alpha value is -3.34. The van der Waals surface area contributed by atoms with E-state index >= 15 is 0 Å². The molecule has 29 heavy (non-hydrogen) atoms. The Bertz CT molecular complexity index is 866. The van der Waals surface area contributed by atoms with Crippen molar-refractivity contribution in [3.05, 3.63) is 53.6 Å². The molecule has 0 aliphatic heterocycles. The lowest BCUT2D eigenvalue weighted by atomic mass is 10.2. The van der Waals surface area contributed by atoms with Crippen LogP contribution in [0.15, 0.2) is 42.5 Å². The zero-order chi connectivity index (χ0) is 21.4. The van der Waals surface area contributed by atoms with Gasteiger partial charge in [0.25, 0.3) is 5.91 Å². The molecule has 0 heterocycles. The number of carbonyl (C=O) groups excluding carboxylic acids is 1. The summed E-state index contributed by atoms with van der Waals surface area (Å²) in [5.74, 6) is 0.343. The monoisotopic (exact) mass is 404 g/mol. The van der Waals surface area contributed by atoms with Crippen molar-refractivity contribution in [3.63, 3.8) is 0 Å². The smallest absolute Gasteiger partial charge is 0.387 e. The molecule has 2 rings (SSSR count). The zero-order valence-electron chi connectivity index (χ0n) is 16.4. The number of nitriles is 1. The standard InChI is InChI=1S/C21H22F2N2O4/c1-4-27-19-11-16(7-10-18(19)29-21(22)23)13-25(3)20(26)14(2)28-17-8-5-15(12-24)6-9-17/h5-11,14,21H,4,13H2,1-3H3. The fourth-order valence-electron chi connectivity index (χ4n) is 2.64. The van der Waals surface area contributed by atoms with E-state index in [4.69, 9.17) is 14.7 Å². The maximum atomic E-state index is 12.6. The summed E-state index contributed by atoms with van der Waals surface area (Å²) in [6.07, 6.45) is -0.749. The topological polar surface area (TPSA) is 71.8 Å². The van der Waals surface area contributed by atoms with E-state index in [1.54, 1.807) is 57.3 Å². The number of likely N-dealkylation sites (N-methyl/N-ethyl adjacent to an activating group) is 1. The highest BCUT2D eigenvalue weighted by molar-refractivity contribution is 5.80. The lowest BCUT2D eigenvalue weighted by Crippen LogP contribution is -2.37. The van der Waals surface area contributed by atoms with Gasteiger partial charge in [0.15, 0.2) is 17.6 Å². The molecule has 0 bridgehead atoms. The number of hydrogen-bond donors (Lipinski definition) is 0. The molecule has 8 heteroatoms. The summed E-state index contributed by atoms with van der Waals surface area (Å²) in [4.78, 5) is 14.1. The van der Waals surface area contributed by atoms with E-state index in [-0.39, 0.29) is 30.6 Å². The molecule has 0 aliphatic carbocycles. The molecule has 0 aliphatic rings. The zero-order valence-corrected chi connectivity index (χ0v) is 16.4. The van der Waals surface area contributed by atoms with Crippen molar-refractivity contribution >= 4 is 5.91 Å². The molecular formula is C21H22F2N2O4. The highest BCUT2D eigenvalue weighted by Gasteiger charge is 2.20. The first-order chi connectivity index (χ1) is 13.8. The number of alkyl halides is 2. The van der Waals surface area contributed by atoms with E-state index in [0.29, 0.717) is 16.9 Å². The van der Waals surface area contributed by atoms with Crippen LogP contribution in [0.25, 0.3) is 0 Å². The predicted octanol–water partition coefficient (Wildman–Crippen LogP) is 3.98. The Morgan fingerprint density at radius 2 is 1.83 bits per heavy atom. The lowest BCUT2D eigenvalue weighted by molar-refractivity contribution is -0.137. The molecule has 0 saturated carbocycles. The molecule has 0 fully saturated rings. The van der Waals surface area contributed by atoms with Crippen molar-refractivity contribution in [2.24, 2.45) is 0 Å². The van der Waals surface area contributed by atoms with Crippen molar-refractivity contribution in [1.82, 2.24) is 4.90 Å². The van der Waals surface area contributed by atoms with Crippen molar-refractivity contribution in [2.75, 3.05) is 13.7 Å². The Morgan fingerprint density at radius 1 is 1.14 bits per heavy atom. The van der Waals surface area contributed by atoms with Crippen LogP contribution >= 0.6 is 0 Å². The minimum atomic E-state index is -2.95.